The summed E-state index contributed by atoms with van der Waals surface area (Å²) in [5, 5.41) is 9.23. The summed E-state index contributed by atoms with van der Waals surface area (Å²) in [4.78, 5) is 8.40. The van der Waals surface area contributed by atoms with Gasteiger partial charge in [0, 0.05) is 12.1 Å². The number of methoxy groups -OCH3 is 2. The highest BCUT2D eigenvalue weighted by Gasteiger charge is 2.35. The lowest BCUT2D eigenvalue weighted by molar-refractivity contribution is -0.136. The zero-order valence-corrected chi connectivity index (χ0v) is 15.0. The first kappa shape index (κ1) is 19.0. The van der Waals surface area contributed by atoms with Crippen molar-refractivity contribution >= 4 is 11.2 Å². The van der Waals surface area contributed by atoms with Gasteiger partial charge in [-0.15, -0.1) is 0 Å². The summed E-state index contributed by atoms with van der Waals surface area (Å²) in [5.41, 5.74) is -0.486. The summed E-state index contributed by atoms with van der Waals surface area (Å²) >= 11 is 0. The Balaban J connectivity index is 2.29. The van der Waals surface area contributed by atoms with Crippen LogP contribution in [0, 0.1) is 6.92 Å². The molecule has 1 N–H and O–H groups in total. The molecule has 1 aromatic carbocycles. The number of aromatic nitrogens is 3. The maximum Gasteiger partial charge on any atom is 0.418 e. The molecule has 0 aliphatic rings. The van der Waals surface area contributed by atoms with Crippen molar-refractivity contribution in [3.63, 3.8) is 0 Å². The van der Waals surface area contributed by atoms with Gasteiger partial charge < -0.3 is 19.1 Å². The molecule has 0 unspecified atom stereocenters. The molecule has 0 saturated heterocycles. The van der Waals surface area contributed by atoms with Gasteiger partial charge in [-0.3, -0.25) is 0 Å². The van der Waals surface area contributed by atoms with Crippen LogP contribution >= 0.6 is 0 Å². The molecule has 0 amide bonds. The summed E-state index contributed by atoms with van der Waals surface area (Å²) < 4.78 is 52.8. The number of aliphatic hydroxyl groups excluding tert-OH is 1. The Morgan fingerprint density at radius 3 is 2.37 bits per heavy atom. The number of alkyl halides is 3. The first-order valence-corrected chi connectivity index (χ1v) is 8.08. The summed E-state index contributed by atoms with van der Waals surface area (Å²) in [6, 6.07) is 5.74. The topological polar surface area (TPSA) is 69.4 Å². The van der Waals surface area contributed by atoms with Crippen LogP contribution in [-0.2, 0) is 12.7 Å². The summed E-state index contributed by atoms with van der Waals surface area (Å²) in [6.45, 7) is 1.44. The Morgan fingerprint density at radius 1 is 1.07 bits per heavy atom. The molecule has 0 saturated carbocycles. The van der Waals surface area contributed by atoms with Crippen molar-refractivity contribution in [2.24, 2.45) is 0 Å². The monoisotopic (exact) mass is 381 g/mol. The van der Waals surface area contributed by atoms with E-state index in [4.69, 9.17) is 9.47 Å². The number of halogens is 3. The second-order valence-corrected chi connectivity index (χ2v) is 5.83. The fraction of sp³-hybridized carbons (Fsp3) is 0.333. The predicted molar refractivity (Wildman–Crippen MR) is 92.9 cm³/mol. The van der Waals surface area contributed by atoms with Crippen molar-refractivity contribution in [1.29, 1.82) is 0 Å². The molecule has 2 heterocycles. The van der Waals surface area contributed by atoms with Crippen LogP contribution in [0.1, 0.15) is 11.4 Å². The summed E-state index contributed by atoms with van der Waals surface area (Å²) in [7, 11) is 2.92. The minimum Gasteiger partial charge on any atom is -0.493 e. The molecule has 0 spiro atoms. The number of hydrogen-bond donors (Lipinski definition) is 1. The van der Waals surface area contributed by atoms with E-state index >= 15 is 0 Å². The lowest BCUT2D eigenvalue weighted by Gasteiger charge is -2.13. The van der Waals surface area contributed by atoms with E-state index < -0.39 is 11.7 Å². The van der Waals surface area contributed by atoms with Crippen LogP contribution in [0.25, 0.3) is 22.4 Å². The predicted octanol–water partition coefficient (Wildman–Crippen LogP) is 3.44. The maximum absolute atomic E-state index is 13.6. The van der Waals surface area contributed by atoms with E-state index in [1.54, 1.807) is 25.1 Å². The highest BCUT2D eigenvalue weighted by Crippen LogP contribution is 2.38. The standard InChI is InChI=1S/C18H18F3N3O3/c1-10-22-16-12(18(19,20)21)9-13(23-17(16)24(10)6-7-25)11-4-5-14(26-2)15(8-11)27-3/h4-5,8-9,25H,6-7H2,1-3H3. The third kappa shape index (κ3) is 3.42. The van der Waals surface area contributed by atoms with Gasteiger partial charge >= 0.3 is 6.18 Å². The normalized spacial score (nSPS) is 11.8. The molecule has 2 aromatic heterocycles. The average molecular weight is 381 g/mol. The van der Waals surface area contributed by atoms with Gasteiger partial charge in [-0.1, -0.05) is 0 Å². The average Bonchev–Trinajstić information content (AvgIpc) is 2.95. The Kier molecular flexibility index (Phi) is 4.97. The Labute approximate surface area is 153 Å². The molecule has 0 aliphatic heterocycles. The van der Waals surface area contributed by atoms with Gasteiger partial charge in [0.1, 0.15) is 11.3 Å². The van der Waals surface area contributed by atoms with E-state index in [-0.39, 0.29) is 30.0 Å². The number of hydrogen-bond acceptors (Lipinski definition) is 5. The minimum atomic E-state index is -4.60. The second-order valence-electron chi connectivity index (χ2n) is 5.83. The van der Waals surface area contributed by atoms with Crippen LogP contribution in [-0.4, -0.2) is 40.5 Å². The first-order valence-electron chi connectivity index (χ1n) is 8.08. The van der Waals surface area contributed by atoms with Gasteiger partial charge in [-0.25, -0.2) is 9.97 Å². The number of imidazole rings is 1. The molecule has 144 valence electrons. The number of rotatable bonds is 5. The van der Waals surface area contributed by atoms with E-state index in [9.17, 15) is 18.3 Å². The Bertz CT molecular complexity index is 983. The molecular formula is C18H18F3N3O3. The number of pyridine rings is 1. The largest absolute Gasteiger partial charge is 0.493 e. The van der Waals surface area contributed by atoms with Crippen molar-refractivity contribution < 1.29 is 27.8 Å². The minimum absolute atomic E-state index is 0.0705. The number of fused-ring (bicyclic) bond motifs is 1. The van der Waals surface area contributed by atoms with Crippen LogP contribution < -0.4 is 9.47 Å². The molecule has 0 atom stereocenters. The lowest BCUT2D eigenvalue weighted by atomic mass is 10.1. The molecule has 0 bridgehead atoms. The Morgan fingerprint density at radius 2 is 1.78 bits per heavy atom. The highest BCUT2D eigenvalue weighted by atomic mass is 19.4. The number of aryl methyl sites for hydroxylation is 1. The smallest absolute Gasteiger partial charge is 0.418 e. The number of ether oxygens (including phenoxy) is 2. The van der Waals surface area contributed by atoms with Gasteiger partial charge in [0.05, 0.1) is 32.1 Å². The highest BCUT2D eigenvalue weighted by molar-refractivity contribution is 5.81. The van der Waals surface area contributed by atoms with E-state index in [0.717, 1.165) is 6.07 Å². The quantitative estimate of drug-likeness (QED) is 0.733. The molecule has 0 aliphatic carbocycles. The van der Waals surface area contributed by atoms with Crippen LogP contribution in [0.15, 0.2) is 24.3 Å². The molecule has 9 heteroatoms. The number of aliphatic hydroxyl groups is 1. The molecule has 27 heavy (non-hydrogen) atoms. The van der Waals surface area contributed by atoms with Crippen molar-refractivity contribution in [2.45, 2.75) is 19.6 Å². The summed E-state index contributed by atoms with van der Waals surface area (Å²) in [5.74, 6) is 1.19. The van der Waals surface area contributed by atoms with Crippen LogP contribution in [0.2, 0.25) is 0 Å². The van der Waals surface area contributed by atoms with Gasteiger partial charge in [-0.2, -0.15) is 13.2 Å². The number of nitrogens with zero attached hydrogens (tertiary/aromatic N) is 3. The third-order valence-electron chi connectivity index (χ3n) is 4.20. The maximum atomic E-state index is 13.6. The first-order chi connectivity index (χ1) is 12.8. The van der Waals surface area contributed by atoms with E-state index in [1.165, 1.54) is 18.8 Å². The zero-order valence-electron chi connectivity index (χ0n) is 15.0. The molecule has 0 fully saturated rings. The Hall–Kier alpha value is -2.81. The zero-order chi connectivity index (χ0) is 19.8. The molecular weight excluding hydrogens is 363 g/mol. The van der Waals surface area contributed by atoms with E-state index in [1.807, 2.05) is 0 Å². The lowest BCUT2D eigenvalue weighted by Crippen LogP contribution is -2.09. The molecule has 3 rings (SSSR count). The van der Waals surface area contributed by atoms with Gasteiger partial charge in [0.15, 0.2) is 17.1 Å². The van der Waals surface area contributed by atoms with Crippen molar-refractivity contribution in [1.82, 2.24) is 14.5 Å². The van der Waals surface area contributed by atoms with E-state index in [0.29, 0.717) is 22.9 Å². The van der Waals surface area contributed by atoms with Crippen molar-refractivity contribution in [3.05, 3.63) is 35.7 Å². The number of benzene rings is 1. The third-order valence-corrected chi connectivity index (χ3v) is 4.20. The fourth-order valence-corrected chi connectivity index (χ4v) is 2.93. The van der Waals surface area contributed by atoms with Crippen LogP contribution in [0.5, 0.6) is 11.5 Å². The molecule has 3 aromatic rings. The molecule has 6 nitrogen and oxygen atoms in total. The summed E-state index contributed by atoms with van der Waals surface area (Å²) in [6.07, 6.45) is -4.60. The van der Waals surface area contributed by atoms with Crippen LogP contribution in [0.4, 0.5) is 13.2 Å². The van der Waals surface area contributed by atoms with Crippen LogP contribution in [0.3, 0.4) is 0 Å². The van der Waals surface area contributed by atoms with Crippen molar-refractivity contribution in [2.75, 3.05) is 20.8 Å². The van der Waals surface area contributed by atoms with Crippen molar-refractivity contribution in [3.8, 4) is 22.8 Å². The molecule has 0 radical (unpaired) electrons. The van der Waals surface area contributed by atoms with Gasteiger partial charge in [0.2, 0.25) is 0 Å². The SMILES string of the molecule is COc1ccc(-c2cc(C(F)(F)F)c3nc(C)n(CCO)c3n2)cc1OC. The second kappa shape index (κ2) is 7.07. The fourth-order valence-electron chi connectivity index (χ4n) is 2.93. The van der Waals surface area contributed by atoms with Gasteiger partial charge in [-0.05, 0) is 31.2 Å². The van der Waals surface area contributed by atoms with E-state index in [2.05, 4.69) is 9.97 Å². The van der Waals surface area contributed by atoms with Gasteiger partial charge in [0.25, 0.3) is 0 Å².